The summed E-state index contributed by atoms with van der Waals surface area (Å²) in [6, 6.07) is 5.16. The minimum Gasteiger partial charge on any atom is -0.380 e. The van der Waals surface area contributed by atoms with Crippen LogP contribution in [0.4, 0.5) is 4.39 Å². The molecule has 3 unspecified atom stereocenters. The molecule has 0 saturated carbocycles. The summed E-state index contributed by atoms with van der Waals surface area (Å²) in [6.07, 6.45) is 14.0. The van der Waals surface area contributed by atoms with Crippen molar-refractivity contribution in [2.24, 2.45) is 5.92 Å². The van der Waals surface area contributed by atoms with Crippen molar-refractivity contribution in [2.45, 2.75) is 19.9 Å². The van der Waals surface area contributed by atoms with Crippen LogP contribution in [0.25, 0.3) is 0 Å². The van der Waals surface area contributed by atoms with E-state index in [2.05, 4.69) is 42.0 Å². The van der Waals surface area contributed by atoms with Crippen LogP contribution < -0.4 is 10.8 Å². The molecule has 136 valence electrons. The van der Waals surface area contributed by atoms with Crippen LogP contribution in [0.3, 0.4) is 0 Å². The van der Waals surface area contributed by atoms with E-state index < -0.39 is 9.03 Å². The molecule has 0 bridgehead atoms. The predicted molar refractivity (Wildman–Crippen MR) is 103 cm³/mol. The Morgan fingerprint density at radius 2 is 2.23 bits per heavy atom. The lowest BCUT2D eigenvalue weighted by Crippen LogP contribution is -2.22. The molecular formula is C20H22FN2O2P. The second-order valence-electron chi connectivity index (χ2n) is 6.29. The number of rotatable bonds is 5. The molecule has 0 saturated heterocycles. The Balaban J connectivity index is 1.92. The fourth-order valence-electron chi connectivity index (χ4n) is 3.07. The monoisotopic (exact) mass is 372 g/mol. The summed E-state index contributed by atoms with van der Waals surface area (Å²) in [4.78, 5) is 8.75. The summed E-state index contributed by atoms with van der Waals surface area (Å²) in [5.74, 6) is 0.0354. The van der Waals surface area contributed by atoms with Crippen LogP contribution >= 0.6 is 9.03 Å². The maximum Gasteiger partial charge on any atom is 0.182 e. The zero-order valence-corrected chi connectivity index (χ0v) is 15.7. The van der Waals surface area contributed by atoms with Crippen LogP contribution in [-0.4, -0.2) is 4.89 Å². The number of dihydropyridines is 1. The highest BCUT2D eigenvalue weighted by Gasteiger charge is 2.22. The highest BCUT2D eigenvalue weighted by atomic mass is 31.1. The maximum atomic E-state index is 13.6. The second kappa shape index (κ2) is 8.45. The zero-order valence-electron chi connectivity index (χ0n) is 14.7. The van der Waals surface area contributed by atoms with Crippen LogP contribution in [0.15, 0.2) is 77.7 Å². The average Bonchev–Trinajstić information content (AvgIpc) is 2.66. The lowest BCUT2D eigenvalue weighted by atomic mass is 9.84. The van der Waals surface area contributed by atoms with Gasteiger partial charge in [0.25, 0.3) is 0 Å². The number of allylic oxidation sites excluding steroid dienone is 6. The van der Waals surface area contributed by atoms with Crippen molar-refractivity contribution in [3.05, 3.63) is 94.6 Å². The molecule has 1 heterocycles. The largest absolute Gasteiger partial charge is 0.380 e. The number of aryl methyl sites for hydroxylation is 1. The Bertz CT molecular complexity index is 827. The Kier molecular flexibility index (Phi) is 6.04. The number of hydrogen-bond acceptors (Lipinski definition) is 4. The van der Waals surface area contributed by atoms with Crippen molar-refractivity contribution in [1.82, 2.24) is 10.8 Å². The van der Waals surface area contributed by atoms with E-state index in [-0.39, 0.29) is 17.8 Å². The molecule has 3 N–H and O–H groups in total. The third-order valence-electron chi connectivity index (χ3n) is 4.54. The molecular weight excluding hydrogens is 350 g/mol. The van der Waals surface area contributed by atoms with Gasteiger partial charge in [-0.3, -0.25) is 5.48 Å². The van der Waals surface area contributed by atoms with Crippen molar-refractivity contribution in [1.29, 1.82) is 0 Å². The van der Waals surface area contributed by atoms with Crippen molar-refractivity contribution in [3.63, 3.8) is 0 Å². The normalized spacial score (nSPS) is 23.9. The van der Waals surface area contributed by atoms with E-state index in [1.807, 2.05) is 24.4 Å². The molecule has 0 radical (unpaired) electrons. The predicted octanol–water partition coefficient (Wildman–Crippen LogP) is 4.26. The van der Waals surface area contributed by atoms with Crippen LogP contribution in [0.1, 0.15) is 24.1 Å². The van der Waals surface area contributed by atoms with Gasteiger partial charge in [-0.05, 0) is 59.2 Å². The summed E-state index contributed by atoms with van der Waals surface area (Å²) in [5, 5.41) is 3.37. The van der Waals surface area contributed by atoms with Gasteiger partial charge in [0.05, 0.1) is 6.04 Å². The summed E-state index contributed by atoms with van der Waals surface area (Å²) in [6.45, 7) is 3.86. The first-order valence-corrected chi connectivity index (χ1v) is 9.25. The average molecular weight is 372 g/mol. The van der Waals surface area contributed by atoms with Crippen LogP contribution in [0.2, 0.25) is 0 Å². The number of nitrogens with one attached hydrogen (secondary N) is 2. The molecule has 1 aliphatic heterocycles. The number of halogens is 1. The summed E-state index contributed by atoms with van der Waals surface area (Å²) in [5.41, 5.74) is 7.52. The molecule has 3 rings (SSSR count). The first-order chi connectivity index (χ1) is 12.6. The van der Waals surface area contributed by atoms with Gasteiger partial charge in [0.2, 0.25) is 0 Å². The van der Waals surface area contributed by atoms with E-state index in [4.69, 9.17) is 9.52 Å². The zero-order chi connectivity index (χ0) is 18.5. The topological polar surface area (TPSA) is 53.5 Å². The molecule has 0 fully saturated rings. The number of hydrogen-bond donors (Lipinski definition) is 3. The molecule has 0 aromatic heterocycles. The molecule has 1 aliphatic carbocycles. The molecule has 0 amide bonds. The van der Waals surface area contributed by atoms with Crippen molar-refractivity contribution >= 4 is 9.03 Å². The van der Waals surface area contributed by atoms with Gasteiger partial charge >= 0.3 is 0 Å². The first kappa shape index (κ1) is 18.6. The van der Waals surface area contributed by atoms with Gasteiger partial charge in [-0.15, -0.1) is 0 Å². The minimum absolute atomic E-state index is 0.0482. The quantitative estimate of drug-likeness (QED) is 0.411. The van der Waals surface area contributed by atoms with Crippen LogP contribution in [0, 0.1) is 18.7 Å². The summed E-state index contributed by atoms with van der Waals surface area (Å²) >= 11 is 0. The number of benzene rings is 1. The van der Waals surface area contributed by atoms with Gasteiger partial charge in [-0.2, -0.15) is 0 Å². The lowest BCUT2D eigenvalue weighted by molar-refractivity contribution is 0.253. The molecule has 3 atom stereocenters. The molecule has 6 heteroatoms. The van der Waals surface area contributed by atoms with E-state index in [1.165, 1.54) is 6.07 Å². The molecule has 2 aliphatic rings. The fraction of sp³-hybridized carbons (Fsp3) is 0.200. The highest BCUT2D eigenvalue weighted by molar-refractivity contribution is 7.24. The molecule has 0 spiro atoms. The van der Waals surface area contributed by atoms with Crippen molar-refractivity contribution < 1.29 is 13.9 Å². The van der Waals surface area contributed by atoms with Gasteiger partial charge in [-0.1, -0.05) is 37.3 Å². The van der Waals surface area contributed by atoms with E-state index >= 15 is 0 Å². The molecule has 1 aromatic rings. The van der Waals surface area contributed by atoms with E-state index in [0.717, 1.165) is 22.3 Å². The Hall–Kier alpha value is -2.20. The van der Waals surface area contributed by atoms with Gasteiger partial charge < -0.3 is 10.2 Å². The van der Waals surface area contributed by atoms with Crippen molar-refractivity contribution in [3.8, 4) is 0 Å². The second-order valence-corrected chi connectivity index (χ2v) is 6.68. The minimum atomic E-state index is -0.612. The number of hydroxylamine groups is 1. The lowest BCUT2D eigenvalue weighted by Gasteiger charge is -2.27. The standard InChI is InChI=1S/C20H22FN2O2P/c1-13-5-6-15(11-17(13)12-23-25-26-24)18-4-3-9-22-20(18)16-7-8-19(21)14(2)10-16/h3-13,20,22-24,26H,1-2H3/b17-12-. The smallest absolute Gasteiger partial charge is 0.182 e. The van der Waals surface area contributed by atoms with E-state index in [1.54, 1.807) is 13.1 Å². The van der Waals surface area contributed by atoms with Crippen molar-refractivity contribution in [2.75, 3.05) is 0 Å². The third kappa shape index (κ3) is 4.13. The molecule has 26 heavy (non-hydrogen) atoms. The Morgan fingerprint density at radius 3 is 3.00 bits per heavy atom. The van der Waals surface area contributed by atoms with Gasteiger partial charge in [0, 0.05) is 12.1 Å². The van der Waals surface area contributed by atoms with Gasteiger partial charge in [-0.25, -0.2) is 9.01 Å². The highest BCUT2D eigenvalue weighted by Crippen LogP contribution is 2.34. The van der Waals surface area contributed by atoms with Gasteiger partial charge in [0.1, 0.15) is 5.82 Å². The summed E-state index contributed by atoms with van der Waals surface area (Å²) < 4.78 is 18.5. The third-order valence-corrected chi connectivity index (χ3v) is 4.75. The maximum absolute atomic E-state index is 13.6. The molecule has 1 aromatic carbocycles. The fourth-order valence-corrected chi connectivity index (χ4v) is 3.18. The first-order valence-electron chi connectivity index (χ1n) is 8.39. The van der Waals surface area contributed by atoms with Crippen LogP contribution in [0.5, 0.6) is 0 Å². The Morgan fingerprint density at radius 1 is 1.38 bits per heavy atom. The van der Waals surface area contributed by atoms with E-state index in [0.29, 0.717) is 5.56 Å². The SMILES string of the molecule is Cc1cc(C2NC=CC=C2C2=C/C(=C/NOPO)C(C)C=C2)ccc1F. The molecule has 4 nitrogen and oxygen atoms in total. The van der Waals surface area contributed by atoms with E-state index in [9.17, 15) is 4.39 Å². The van der Waals surface area contributed by atoms with Gasteiger partial charge in [0.15, 0.2) is 9.03 Å². The Labute approximate surface area is 154 Å². The summed E-state index contributed by atoms with van der Waals surface area (Å²) in [7, 11) is -0.612. The van der Waals surface area contributed by atoms with Crippen LogP contribution in [-0.2, 0) is 4.62 Å².